The number of sulfone groups is 1. The molecule has 1 rings (SSSR count). The van der Waals surface area contributed by atoms with Crippen LogP contribution in [0, 0.1) is 11.8 Å². The van der Waals surface area contributed by atoms with E-state index in [1.165, 1.54) is 12.7 Å². The van der Waals surface area contributed by atoms with Crippen molar-refractivity contribution in [3.63, 3.8) is 0 Å². The number of hydrogen-bond acceptors (Lipinski definition) is 3. The van der Waals surface area contributed by atoms with Gasteiger partial charge in [-0.1, -0.05) is 26.7 Å². The summed E-state index contributed by atoms with van der Waals surface area (Å²) in [7, 11) is -2.90. The summed E-state index contributed by atoms with van der Waals surface area (Å²) in [5, 5.41) is 10.7. The Labute approximate surface area is 106 Å². The van der Waals surface area contributed by atoms with Crippen molar-refractivity contribution < 1.29 is 13.5 Å². The fourth-order valence-electron chi connectivity index (χ4n) is 3.15. The van der Waals surface area contributed by atoms with Gasteiger partial charge in [0.25, 0.3) is 0 Å². The molecule has 1 fully saturated rings. The fraction of sp³-hybridized carbons (Fsp3) is 1.00. The summed E-state index contributed by atoms with van der Waals surface area (Å²) < 4.78 is 22.2. The molecule has 0 bridgehead atoms. The summed E-state index contributed by atoms with van der Waals surface area (Å²) in [6, 6.07) is 0. The van der Waals surface area contributed by atoms with Gasteiger partial charge in [0, 0.05) is 12.0 Å². The molecule has 3 nitrogen and oxygen atoms in total. The first-order chi connectivity index (χ1) is 7.75. The molecule has 1 N–H and O–H groups in total. The second-order valence-corrected chi connectivity index (χ2v) is 8.19. The minimum Gasteiger partial charge on any atom is -0.390 e. The lowest BCUT2D eigenvalue weighted by Gasteiger charge is -2.42. The van der Waals surface area contributed by atoms with Gasteiger partial charge in [-0.05, 0) is 37.5 Å². The van der Waals surface area contributed by atoms with Crippen LogP contribution in [0.15, 0.2) is 0 Å². The van der Waals surface area contributed by atoms with Crippen LogP contribution in [-0.2, 0) is 9.84 Å². The average molecular weight is 262 g/mol. The van der Waals surface area contributed by atoms with Gasteiger partial charge in [-0.25, -0.2) is 8.42 Å². The maximum absolute atomic E-state index is 11.1. The molecular weight excluding hydrogens is 236 g/mol. The number of hydrogen-bond donors (Lipinski definition) is 1. The maximum Gasteiger partial charge on any atom is 0.147 e. The molecule has 0 radical (unpaired) electrons. The van der Waals surface area contributed by atoms with Crippen molar-refractivity contribution in [2.45, 2.75) is 58.0 Å². The normalized spacial score (nSPS) is 30.8. The highest BCUT2D eigenvalue weighted by molar-refractivity contribution is 7.90. The zero-order valence-electron chi connectivity index (χ0n) is 11.3. The average Bonchev–Trinajstić information content (AvgIpc) is 2.15. The summed E-state index contributed by atoms with van der Waals surface area (Å²) in [4.78, 5) is 0. The summed E-state index contributed by atoms with van der Waals surface area (Å²) in [5.41, 5.74) is -0.628. The van der Waals surface area contributed by atoms with Gasteiger partial charge >= 0.3 is 0 Å². The molecule has 1 saturated carbocycles. The van der Waals surface area contributed by atoms with E-state index < -0.39 is 15.4 Å². The van der Waals surface area contributed by atoms with Crippen LogP contribution in [0.4, 0.5) is 0 Å². The molecule has 102 valence electrons. The Morgan fingerprint density at radius 3 is 2.53 bits per heavy atom. The number of aliphatic hydroxyl groups is 1. The first kappa shape index (κ1) is 15.0. The Morgan fingerprint density at radius 1 is 1.35 bits per heavy atom. The third-order valence-corrected chi connectivity index (χ3v) is 5.02. The van der Waals surface area contributed by atoms with E-state index in [9.17, 15) is 13.5 Å². The molecule has 0 heterocycles. The predicted molar refractivity (Wildman–Crippen MR) is 70.7 cm³/mol. The van der Waals surface area contributed by atoms with Crippen LogP contribution in [0.2, 0.25) is 0 Å². The second kappa shape index (κ2) is 5.70. The third-order valence-electron chi connectivity index (χ3n) is 3.99. The second-order valence-electron chi connectivity index (χ2n) is 5.93. The molecule has 1 aliphatic rings. The van der Waals surface area contributed by atoms with Crippen molar-refractivity contribution in [3.05, 3.63) is 0 Å². The Balaban J connectivity index is 2.57. The van der Waals surface area contributed by atoms with Crippen molar-refractivity contribution in [2.24, 2.45) is 11.8 Å². The largest absolute Gasteiger partial charge is 0.390 e. The van der Waals surface area contributed by atoms with Gasteiger partial charge in [-0.15, -0.1) is 0 Å². The van der Waals surface area contributed by atoms with Crippen LogP contribution in [0.5, 0.6) is 0 Å². The van der Waals surface area contributed by atoms with Crippen molar-refractivity contribution in [3.8, 4) is 0 Å². The Morgan fingerprint density at radius 2 is 2.00 bits per heavy atom. The van der Waals surface area contributed by atoms with Gasteiger partial charge < -0.3 is 5.11 Å². The molecule has 0 aromatic rings. The Hall–Kier alpha value is -0.0900. The molecule has 0 aromatic heterocycles. The monoisotopic (exact) mass is 262 g/mol. The van der Waals surface area contributed by atoms with Gasteiger partial charge in [0.1, 0.15) is 9.84 Å². The SMILES string of the molecule is CC(C)C1CCCCC1(O)CCCS(C)(=O)=O. The summed E-state index contributed by atoms with van der Waals surface area (Å²) in [6.45, 7) is 4.30. The van der Waals surface area contributed by atoms with Crippen molar-refractivity contribution >= 4 is 9.84 Å². The zero-order valence-corrected chi connectivity index (χ0v) is 12.1. The highest BCUT2D eigenvalue weighted by Gasteiger charge is 2.39. The van der Waals surface area contributed by atoms with E-state index in [-0.39, 0.29) is 5.75 Å². The van der Waals surface area contributed by atoms with E-state index >= 15 is 0 Å². The van der Waals surface area contributed by atoms with Crippen LogP contribution >= 0.6 is 0 Å². The van der Waals surface area contributed by atoms with Gasteiger partial charge in [0.2, 0.25) is 0 Å². The molecule has 0 saturated heterocycles. The Bertz CT molecular complexity index is 335. The van der Waals surface area contributed by atoms with E-state index in [1.807, 2.05) is 0 Å². The molecule has 1 aliphatic carbocycles. The zero-order chi connectivity index (χ0) is 13.1. The van der Waals surface area contributed by atoms with Gasteiger partial charge in [-0.3, -0.25) is 0 Å². The summed E-state index contributed by atoms with van der Waals surface area (Å²) >= 11 is 0. The van der Waals surface area contributed by atoms with E-state index in [0.717, 1.165) is 19.3 Å². The molecule has 0 aliphatic heterocycles. The van der Waals surface area contributed by atoms with Crippen molar-refractivity contribution in [1.29, 1.82) is 0 Å². The van der Waals surface area contributed by atoms with Crippen LogP contribution in [-0.4, -0.2) is 31.1 Å². The molecule has 2 unspecified atom stereocenters. The number of rotatable bonds is 5. The third kappa shape index (κ3) is 4.59. The molecular formula is C13H26O3S. The standard InChI is InChI=1S/C13H26O3S/c1-11(2)12-7-4-5-8-13(12,14)9-6-10-17(3,15)16/h11-12,14H,4-10H2,1-3H3. The first-order valence-electron chi connectivity index (χ1n) is 6.65. The molecule has 2 atom stereocenters. The molecule has 0 amide bonds. The topological polar surface area (TPSA) is 54.4 Å². The van der Waals surface area contributed by atoms with Crippen molar-refractivity contribution in [1.82, 2.24) is 0 Å². The highest BCUT2D eigenvalue weighted by Crippen LogP contribution is 2.41. The van der Waals surface area contributed by atoms with Crippen LogP contribution in [0.3, 0.4) is 0 Å². The molecule has 4 heteroatoms. The van der Waals surface area contributed by atoms with E-state index in [4.69, 9.17) is 0 Å². The fourth-order valence-corrected chi connectivity index (χ4v) is 3.82. The van der Waals surface area contributed by atoms with Gasteiger partial charge in [-0.2, -0.15) is 0 Å². The minimum absolute atomic E-state index is 0.195. The van der Waals surface area contributed by atoms with E-state index in [1.54, 1.807) is 0 Å². The van der Waals surface area contributed by atoms with Gasteiger partial charge in [0.05, 0.1) is 5.60 Å². The first-order valence-corrected chi connectivity index (χ1v) is 8.71. The van der Waals surface area contributed by atoms with Gasteiger partial charge in [0.15, 0.2) is 0 Å². The molecule has 17 heavy (non-hydrogen) atoms. The summed E-state index contributed by atoms with van der Waals surface area (Å²) in [6.07, 6.45) is 6.64. The van der Waals surface area contributed by atoms with E-state index in [0.29, 0.717) is 24.7 Å². The minimum atomic E-state index is -2.90. The lowest BCUT2D eigenvalue weighted by molar-refractivity contribution is -0.0721. The quantitative estimate of drug-likeness (QED) is 0.827. The maximum atomic E-state index is 11.1. The lowest BCUT2D eigenvalue weighted by Crippen LogP contribution is -2.43. The predicted octanol–water partition coefficient (Wildman–Crippen LogP) is 2.39. The lowest BCUT2D eigenvalue weighted by atomic mass is 9.68. The molecule has 0 aromatic carbocycles. The Kier molecular flexibility index (Phi) is 5.02. The smallest absolute Gasteiger partial charge is 0.147 e. The van der Waals surface area contributed by atoms with E-state index in [2.05, 4.69) is 13.8 Å². The van der Waals surface area contributed by atoms with Crippen LogP contribution < -0.4 is 0 Å². The highest BCUT2D eigenvalue weighted by atomic mass is 32.2. The molecule has 0 spiro atoms. The van der Waals surface area contributed by atoms with Crippen LogP contribution in [0.25, 0.3) is 0 Å². The van der Waals surface area contributed by atoms with Crippen LogP contribution in [0.1, 0.15) is 52.4 Å². The summed E-state index contributed by atoms with van der Waals surface area (Å²) in [5.74, 6) is 0.995. The van der Waals surface area contributed by atoms with Crippen molar-refractivity contribution in [2.75, 3.05) is 12.0 Å².